The van der Waals surface area contributed by atoms with Crippen molar-refractivity contribution in [3.63, 3.8) is 0 Å². The number of carbonyl (C=O) groups is 1. The van der Waals surface area contributed by atoms with Gasteiger partial charge < -0.3 is 14.5 Å². The van der Waals surface area contributed by atoms with E-state index in [9.17, 15) is 10.1 Å². The van der Waals surface area contributed by atoms with E-state index in [0.717, 1.165) is 46.4 Å². The molecular formula is C27H29N5O2. The molecule has 174 valence electrons. The van der Waals surface area contributed by atoms with Gasteiger partial charge in [0.1, 0.15) is 11.9 Å². The van der Waals surface area contributed by atoms with Gasteiger partial charge in [-0.3, -0.25) is 9.78 Å². The Morgan fingerprint density at radius 3 is 2.76 bits per heavy atom. The molecule has 1 aromatic carbocycles. The number of amides is 1. The van der Waals surface area contributed by atoms with Crippen LogP contribution in [0.5, 0.6) is 0 Å². The number of nitrogens with zero attached hydrogens (tertiary/aromatic N) is 5. The average molecular weight is 456 g/mol. The number of aromatic nitrogens is 2. The fraction of sp³-hybridized carbons (Fsp3) is 0.407. The maximum Gasteiger partial charge on any atom is 0.225 e. The first-order chi connectivity index (χ1) is 16.6. The number of hydrogen-bond acceptors (Lipinski definition) is 6. The predicted molar refractivity (Wildman–Crippen MR) is 132 cm³/mol. The Bertz CT molecular complexity index is 1260. The molecule has 7 nitrogen and oxygen atoms in total. The maximum atomic E-state index is 12.5. The Kier molecular flexibility index (Phi) is 6.16. The van der Waals surface area contributed by atoms with Crippen LogP contribution in [0.2, 0.25) is 0 Å². The van der Waals surface area contributed by atoms with E-state index in [4.69, 9.17) is 9.72 Å². The summed E-state index contributed by atoms with van der Waals surface area (Å²) in [5.74, 6) is 1.26. The average Bonchev–Trinajstić information content (AvgIpc) is 3.71. The van der Waals surface area contributed by atoms with Crippen molar-refractivity contribution in [2.24, 2.45) is 0 Å². The van der Waals surface area contributed by atoms with Crippen LogP contribution in [0.3, 0.4) is 0 Å². The summed E-state index contributed by atoms with van der Waals surface area (Å²) in [7, 11) is 1.61. The molecule has 1 saturated carbocycles. The Labute approximate surface area is 200 Å². The maximum absolute atomic E-state index is 12.5. The second-order valence-electron chi connectivity index (χ2n) is 9.18. The zero-order valence-electron chi connectivity index (χ0n) is 19.7. The largest absolute Gasteiger partial charge is 0.384 e. The molecule has 1 aliphatic carbocycles. The van der Waals surface area contributed by atoms with Gasteiger partial charge in [0.25, 0.3) is 0 Å². The number of para-hydroxylation sites is 1. The second kappa shape index (κ2) is 9.40. The quantitative estimate of drug-likeness (QED) is 0.556. The van der Waals surface area contributed by atoms with Crippen molar-refractivity contribution in [1.29, 1.82) is 5.26 Å². The Morgan fingerprint density at radius 1 is 1.21 bits per heavy atom. The monoisotopic (exact) mass is 455 g/mol. The van der Waals surface area contributed by atoms with E-state index in [0.29, 0.717) is 44.1 Å². The predicted octanol–water partition coefficient (Wildman–Crippen LogP) is 4.12. The number of ether oxygens (including phenoxy) is 1. The standard InChI is InChI=1S/C27H29N5O2/c1-18-17-31(12-13-32(18)24(33)10-14-34-2)27-21(16-28)15-23(26(30-27)20-8-9-20)22-7-3-5-19-6-4-11-29-25(19)22/h3-7,11,15,18,20H,8-10,12-14,17H2,1-2H3. The molecule has 1 atom stereocenters. The summed E-state index contributed by atoms with van der Waals surface area (Å²) in [6.07, 6.45) is 4.43. The SMILES string of the molecule is COCCC(=O)N1CCN(c2nc(C3CC3)c(-c3cccc4cccnc34)cc2C#N)CC1C. The summed E-state index contributed by atoms with van der Waals surface area (Å²) in [6, 6.07) is 14.6. The Balaban J connectivity index is 1.50. The summed E-state index contributed by atoms with van der Waals surface area (Å²) in [6.45, 7) is 4.41. The number of anilines is 1. The fourth-order valence-corrected chi connectivity index (χ4v) is 4.90. The minimum absolute atomic E-state index is 0.0396. The summed E-state index contributed by atoms with van der Waals surface area (Å²) in [5.41, 5.74) is 4.59. The van der Waals surface area contributed by atoms with Gasteiger partial charge in [-0.1, -0.05) is 24.3 Å². The smallest absolute Gasteiger partial charge is 0.225 e. The minimum Gasteiger partial charge on any atom is -0.384 e. The van der Waals surface area contributed by atoms with Gasteiger partial charge in [-0.25, -0.2) is 4.98 Å². The van der Waals surface area contributed by atoms with Crippen molar-refractivity contribution < 1.29 is 9.53 Å². The summed E-state index contributed by atoms with van der Waals surface area (Å²) < 4.78 is 5.07. The molecule has 2 fully saturated rings. The minimum atomic E-state index is 0.0396. The number of piperazine rings is 1. The van der Waals surface area contributed by atoms with E-state index in [2.05, 4.69) is 41.1 Å². The molecule has 1 unspecified atom stereocenters. The number of rotatable bonds is 6. The first-order valence-electron chi connectivity index (χ1n) is 11.9. The highest BCUT2D eigenvalue weighted by Gasteiger charge is 2.33. The number of carbonyl (C=O) groups excluding carboxylic acids is 1. The number of fused-ring (bicyclic) bond motifs is 1. The molecule has 34 heavy (non-hydrogen) atoms. The van der Waals surface area contributed by atoms with Gasteiger partial charge >= 0.3 is 0 Å². The van der Waals surface area contributed by atoms with E-state index in [1.165, 1.54) is 0 Å². The molecule has 0 bridgehead atoms. The van der Waals surface area contributed by atoms with Gasteiger partial charge in [-0.15, -0.1) is 0 Å². The lowest BCUT2D eigenvalue weighted by Gasteiger charge is -2.41. The molecule has 1 amide bonds. The molecule has 3 heterocycles. The van der Waals surface area contributed by atoms with Crippen molar-refractivity contribution >= 4 is 22.6 Å². The van der Waals surface area contributed by atoms with Gasteiger partial charge in [-0.05, 0) is 31.9 Å². The van der Waals surface area contributed by atoms with Crippen LogP contribution in [0.4, 0.5) is 5.82 Å². The lowest BCUT2D eigenvalue weighted by molar-refractivity contribution is -0.134. The Hall–Kier alpha value is -3.50. The van der Waals surface area contributed by atoms with E-state index >= 15 is 0 Å². The van der Waals surface area contributed by atoms with Crippen molar-refractivity contribution in [2.75, 3.05) is 38.3 Å². The van der Waals surface area contributed by atoms with Crippen molar-refractivity contribution in [3.8, 4) is 17.2 Å². The molecule has 3 aromatic rings. The zero-order valence-corrected chi connectivity index (χ0v) is 19.7. The number of methoxy groups -OCH3 is 1. The van der Waals surface area contributed by atoms with Gasteiger partial charge in [0.05, 0.1) is 29.8 Å². The van der Waals surface area contributed by atoms with Crippen LogP contribution in [0.1, 0.15) is 43.4 Å². The molecule has 2 aromatic heterocycles. The highest BCUT2D eigenvalue weighted by molar-refractivity contribution is 5.94. The first-order valence-corrected chi connectivity index (χ1v) is 11.9. The van der Waals surface area contributed by atoms with Crippen LogP contribution >= 0.6 is 0 Å². The molecule has 0 N–H and O–H groups in total. The van der Waals surface area contributed by atoms with Crippen molar-refractivity contribution in [2.45, 2.75) is 38.1 Å². The zero-order chi connectivity index (χ0) is 23.7. The van der Waals surface area contributed by atoms with Gasteiger partial charge in [0.2, 0.25) is 5.91 Å². The van der Waals surface area contributed by atoms with E-state index in [1.807, 2.05) is 29.3 Å². The van der Waals surface area contributed by atoms with Gasteiger partial charge in [0, 0.05) is 61.4 Å². The fourth-order valence-electron chi connectivity index (χ4n) is 4.90. The molecule has 2 aliphatic rings. The van der Waals surface area contributed by atoms with Crippen LogP contribution in [-0.4, -0.2) is 60.2 Å². The normalized spacial score (nSPS) is 18.2. The van der Waals surface area contributed by atoms with Gasteiger partial charge in [0.15, 0.2) is 0 Å². The van der Waals surface area contributed by atoms with E-state index in [1.54, 1.807) is 7.11 Å². The lowest BCUT2D eigenvalue weighted by Crippen LogP contribution is -2.54. The Morgan fingerprint density at radius 2 is 2.03 bits per heavy atom. The number of nitriles is 1. The third-order valence-corrected chi connectivity index (χ3v) is 6.81. The second-order valence-corrected chi connectivity index (χ2v) is 9.18. The molecule has 1 saturated heterocycles. The molecule has 0 spiro atoms. The lowest BCUT2D eigenvalue weighted by atomic mass is 9.96. The summed E-state index contributed by atoms with van der Waals surface area (Å²) in [5, 5.41) is 11.1. The molecule has 0 radical (unpaired) electrons. The number of hydrogen-bond donors (Lipinski definition) is 0. The third kappa shape index (κ3) is 4.22. The van der Waals surface area contributed by atoms with E-state index < -0.39 is 0 Å². The highest BCUT2D eigenvalue weighted by atomic mass is 16.5. The van der Waals surface area contributed by atoms with Crippen molar-refractivity contribution in [1.82, 2.24) is 14.9 Å². The van der Waals surface area contributed by atoms with Crippen LogP contribution < -0.4 is 4.90 Å². The topological polar surface area (TPSA) is 82.3 Å². The first kappa shape index (κ1) is 22.3. The highest BCUT2D eigenvalue weighted by Crippen LogP contribution is 2.45. The third-order valence-electron chi connectivity index (χ3n) is 6.81. The number of benzene rings is 1. The van der Waals surface area contributed by atoms with Crippen LogP contribution in [-0.2, 0) is 9.53 Å². The number of pyridine rings is 2. The van der Waals surface area contributed by atoms with Crippen LogP contribution in [0.15, 0.2) is 42.6 Å². The van der Waals surface area contributed by atoms with Crippen molar-refractivity contribution in [3.05, 3.63) is 53.9 Å². The summed E-state index contributed by atoms with van der Waals surface area (Å²) >= 11 is 0. The van der Waals surface area contributed by atoms with Crippen LogP contribution in [0.25, 0.3) is 22.0 Å². The molecular weight excluding hydrogens is 426 g/mol. The van der Waals surface area contributed by atoms with Gasteiger partial charge in [-0.2, -0.15) is 5.26 Å². The molecule has 7 heteroatoms. The molecule has 1 aliphatic heterocycles. The van der Waals surface area contributed by atoms with Crippen LogP contribution in [0, 0.1) is 11.3 Å². The van der Waals surface area contributed by atoms with E-state index in [-0.39, 0.29) is 11.9 Å². The summed E-state index contributed by atoms with van der Waals surface area (Å²) in [4.78, 5) is 26.4. The molecule has 5 rings (SSSR count).